The van der Waals surface area contributed by atoms with Crippen molar-refractivity contribution in [2.45, 2.75) is 0 Å². The van der Waals surface area contributed by atoms with Crippen LogP contribution in [0.2, 0.25) is 0 Å². The van der Waals surface area contributed by atoms with Crippen LogP contribution in [-0.2, 0) is 4.79 Å². The number of anilines is 1. The van der Waals surface area contributed by atoms with E-state index in [1.165, 1.54) is 0 Å². The standard InChI is InChI=1S/C11H12N4O/c1-12-7-11(16)15-8-2-3-9-10(6-8)14-5-4-13-9/h2-6,12H,7H2,1H3,(H,15,16). The van der Waals surface area contributed by atoms with Crippen molar-refractivity contribution in [2.75, 3.05) is 18.9 Å². The maximum absolute atomic E-state index is 11.3. The minimum absolute atomic E-state index is 0.0780. The molecule has 2 rings (SSSR count). The maximum atomic E-state index is 11.3. The molecule has 5 nitrogen and oxygen atoms in total. The number of benzene rings is 1. The summed E-state index contributed by atoms with van der Waals surface area (Å²) in [5.74, 6) is -0.0780. The maximum Gasteiger partial charge on any atom is 0.238 e. The number of likely N-dealkylation sites (N-methyl/N-ethyl adjacent to an activating group) is 1. The highest BCUT2D eigenvalue weighted by molar-refractivity contribution is 5.94. The lowest BCUT2D eigenvalue weighted by atomic mass is 10.2. The van der Waals surface area contributed by atoms with Crippen LogP contribution < -0.4 is 10.6 Å². The second-order valence-corrected chi connectivity index (χ2v) is 3.34. The number of carbonyl (C=O) groups is 1. The van der Waals surface area contributed by atoms with Gasteiger partial charge in [0.25, 0.3) is 0 Å². The molecule has 82 valence electrons. The Morgan fingerprint density at radius 1 is 1.25 bits per heavy atom. The van der Waals surface area contributed by atoms with Gasteiger partial charge in [-0.25, -0.2) is 0 Å². The van der Waals surface area contributed by atoms with E-state index in [4.69, 9.17) is 0 Å². The Kier molecular flexibility index (Phi) is 3.07. The van der Waals surface area contributed by atoms with Crippen LogP contribution in [0.15, 0.2) is 30.6 Å². The third kappa shape index (κ3) is 2.32. The lowest BCUT2D eigenvalue weighted by molar-refractivity contribution is -0.115. The molecule has 0 saturated carbocycles. The number of rotatable bonds is 3. The monoisotopic (exact) mass is 216 g/mol. The van der Waals surface area contributed by atoms with Crippen LogP contribution in [0, 0.1) is 0 Å². The van der Waals surface area contributed by atoms with Crippen LogP contribution >= 0.6 is 0 Å². The number of amides is 1. The molecule has 0 unspecified atom stereocenters. The molecule has 1 aromatic heterocycles. The first kappa shape index (κ1) is 10.5. The zero-order chi connectivity index (χ0) is 11.4. The van der Waals surface area contributed by atoms with E-state index in [-0.39, 0.29) is 5.91 Å². The second-order valence-electron chi connectivity index (χ2n) is 3.34. The molecule has 0 aliphatic rings. The summed E-state index contributed by atoms with van der Waals surface area (Å²) in [4.78, 5) is 19.7. The minimum Gasteiger partial charge on any atom is -0.325 e. The number of fused-ring (bicyclic) bond motifs is 1. The zero-order valence-corrected chi connectivity index (χ0v) is 8.90. The fourth-order valence-corrected chi connectivity index (χ4v) is 1.41. The quantitative estimate of drug-likeness (QED) is 0.796. The SMILES string of the molecule is CNCC(=O)Nc1ccc2nccnc2c1. The topological polar surface area (TPSA) is 66.9 Å². The molecule has 2 N–H and O–H groups in total. The summed E-state index contributed by atoms with van der Waals surface area (Å²) in [5, 5.41) is 5.55. The van der Waals surface area contributed by atoms with E-state index >= 15 is 0 Å². The fraction of sp³-hybridized carbons (Fsp3) is 0.182. The van der Waals surface area contributed by atoms with Crippen LogP contribution in [0.25, 0.3) is 11.0 Å². The van der Waals surface area contributed by atoms with E-state index in [9.17, 15) is 4.79 Å². The van der Waals surface area contributed by atoms with Gasteiger partial charge in [-0.3, -0.25) is 14.8 Å². The summed E-state index contributed by atoms with van der Waals surface area (Å²) < 4.78 is 0. The predicted molar refractivity (Wildman–Crippen MR) is 62.1 cm³/mol. The summed E-state index contributed by atoms with van der Waals surface area (Å²) in [7, 11) is 1.73. The summed E-state index contributed by atoms with van der Waals surface area (Å²) in [6, 6.07) is 5.44. The number of aromatic nitrogens is 2. The zero-order valence-electron chi connectivity index (χ0n) is 8.90. The van der Waals surface area contributed by atoms with Crippen LogP contribution in [0.1, 0.15) is 0 Å². The van der Waals surface area contributed by atoms with Gasteiger partial charge in [0.15, 0.2) is 0 Å². The molecule has 0 aliphatic heterocycles. The molecule has 1 amide bonds. The summed E-state index contributed by atoms with van der Waals surface area (Å²) in [6.45, 7) is 0.290. The third-order valence-corrected chi connectivity index (χ3v) is 2.09. The first-order valence-corrected chi connectivity index (χ1v) is 4.95. The summed E-state index contributed by atoms with van der Waals surface area (Å²) in [5.41, 5.74) is 2.31. The first-order chi connectivity index (χ1) is 7.79. The van der Waals surface area contributed by atoms with E-state index in [1.54, 1.807) is 25.5 Å². The van der Waals surface area contributed by atoms with Crippen molar-refractivity contribution in [3.63, 3.8) is 0 Å². The Morgan fingerprint density at radius 2 is 2.00 bits per heavy atom. The molecule has 5 heteroatoms. The number of nitrogens with one attached hydrogen (secondary N) is 2. The Bertz CT molecular complexity index is 512. The highest BCUT2D eigenvalue weighted by Gasteiger charge is 2.02. The predicted octanol–water partition coefficient (Wildman–Crippen LogP) is 0.788. The van der Waals surface area contributed by atoms with Gasteiger partial charge in [-0.2, -0.15) is 0 Å². The molecule has 0 fully saturated rings. The first-order valence-electron chi connectivity index (χ1n) is 4.95. The molecule has 0 spiro atoms. The van der Waals surface area contributed by atoms with Crippen molar-refractivity contribution in [1.82, 2.24) is 15.3 Å². The average Bonchev–Trinajstić information content (AvgIpc) is 2.29. The minimum atomic E-state index is -0.0780. The van der Waals surface area contributed by atoms with Gasteiger partial charge < -0.3 is 10.6 Å². The van der Waals surface area contributed by atoms with Gasteiger partial charge in [0.2, 0.25) is 5.91 Å². The second kappa shape index (κ2) is 4.67. The molecule has 16 heavy (non-hydrogen) atoms. The Morgan fingerprint density at radius 3 is 2.75 bits per heavy atom. The molecule has 1 heterocycles. The lowest BCUT2D eigenvalue weighted by Crippen LogP contribution is -2.24. The van der Waals surface area contributed by atoms with Crippen molar-refractivity contribution >= 4 is 22.6 Å². The van der Waals surface area contributed by atoms with Gasteiger partial charge in [0.1, 0.15) is 0 Å². The lowest BCUT2D eigenvalue weighted by Gasteiger charge is -2.05. The molecule has 0 aliphatic carbocycles. The Hall–Kier alpha value is -2.01. The Balaban J connectivity index is 2.22. The van der Waals surface area contributed by atoms with E-state index in [1.807, 2.05) is 12.1 Å². The van der Waals surface area contributed by atoms with Crippen LogP contribution in [-0.4, -0.2) is 29.5 Å². The van der Waals surface area contributed by atoms with Crippen molar-refractivity contribution < 1.29 is 4.79 Å². The van der Waals surface area contributed by atoms with Crippen molar-refractivity contribution in [3.05, 3.63) is 30.6 Å². The van der Waals surface area contributed by atoms with Crippen LogP contribution in [0.5, 0.6) is 0 Å². The van der Waals surface area contributed by atoms with Gasteiger partial charge in [-0.05, 0) is 25.2 Å². The van der Waals surface area contributed by atoms with Crippen molar-refractivity contribution in [2.24, 2.45) is 0 Å². The highest BCUT2D eigenvalue weighted by atomic mass is 16.1. The molecule has 0 radical (unpaired) electrons. The molecule has 0 bridgehead atoms. The molecule has 1 aromatic carbocycles. The fourth-order valence-electron chi connectivity index (χ4n) is 1.41. The number of hydrogen-bond donors (Lipinski definition) is 2. The van der Waals surface area contributed by atoms with Crippen LogP contribution in [0.4, 0.5) is 5.69 Å². The highest BCUT2D eigenvalue weighted by Crippen LogP contribution is 2.14. The largest absolute Gasteiger partial charge is 0.325 e. The van der Waals surface area contributed by atoms with Gasteiger partial charge in [-0.15, -0.1) is 0 Å². The molecule has 2 aromatic rings. The van der Waals surface area contributed by atoms with E-state index in [2.05, 4.69) is 20.6 Å². The van der Waals surface area contributed by atoms with Crippen molar-refractivity contribution in [3.8, 4) is 0 Å². The van der Waals surface area contributed by atoms with E-state index < -0.39 is 0 Å². The average molecular weight is 216 g/mol. The van der Waals surface area contributed by atoms with E-state index in [0.717, 1.165) is 16.7 Å². The van der Waals surface area contributed by atoms with Crippen LogP contribution in [0.3, 0.4) is 0 Å². The third-order valence-electron chi connectivity index (χ3n) is 2.09. The van der Waals surface area contributed by atoms with Gasteiger partial charge in [0.05, 0.1) is 17.6 Å². The summed E-state index contributed by atoms with van der Waals surface area (Å²) >= 11 is 0. The number of hydrogen-bond acceptors (Lipinski definition) is 4. The molecule has 0 saturated heterocycles. The number of carbonyl (C=O) groups excluding carboxylic acids is 1. The number of nitrogens with zero attached hydrogens (tertiary/aromatic N) is 2. The van der Waals surface area contributed by atoms with Gasteiger partial charge in [0, 0.05) is 18.1 Å². The van der Waals surface area contributed by atoms with E-state index in [0.29, 0.717) is 6.54 Å². The molecule has 0 atom stereocenters. The van der Waals surface area contributed by atoms with Gasteiger partial charge in [-0.1, -0.05) is 0 Å². The Labute approximate surface area is 92.9 Å². The summed E-state index contributed by atoms with van der Waals surface area (Å²) in [6.07, 6.45) is 3.27. The smallest absolute Gasteiger partial charge is 0.238 e. The molecular weight excluding hydrogens is 204 g/mol. The van der Waals surface area contributed by atoms with Crippen molar-refractivity contribution in [1.29, 1.82) is 0 Å². The van der Waals surface area contributed by atoms with Gasteiger partial charge >= 0.3 is 0 Å². The normalized spacial score (nSPS) is 10.3. The molecular formula is C11H12N4O.